The first kappa shape index (κ1) is 15.8. The van der Waals surface area contributed by atoms with E-state index in [1.54, 1.807) is 0 Å². The van der Waals surface area contributed by atoms with Gasteiger partial charge in [-0.25, -0.2) is 4.98 Å². The summed E-state index contributed by atoms with van der Waals surface area (Å²) in [4.78, 5) is 8.89. The lowest BCUT2D eigenvalue weighted by molar-refractivity contribution is 0.301. The first-order valence-electron chi connectivity index (χ1n) is 8.06. The second-order valence-corrected chi connectivity index (χ2v) is 7.09. The summed E-state index contributed by atoms with van der Waals surface area (Å²) >= 11 is 1.90. The van der Waals surface area contributed by atoms with Gasteiger partial charge in [-0.15, -0.1) is 11.3 Å². The quantitative estimate of drug-likeness (QED) is 0.828. The summed E-state index contributed by atoms with van der Waals surface area (Å²) < 4.78 is 0. The number of aryl methyl sites for hydroxylation is 1. The van der Waals surface area contributed by atoms with Gasteiger partial charge in [-0.05, 0) is 38.1 Å². The molecule has 1 fully saturated rings. The minimum Gasteiger partial charge on any atom is -0.348 e. The molecule has 0 radical (unpaired) electrons. The summed E-state index contributed by atoms with van der Waals surface area (Å²) in [7, 11) is 2.02. The monoisotopic (exact) mass is 295 g/mol. The number of nitrogens with one attached hydrogen (secondary N) is 1. The zero-order valence-corrected chi connectivity index (χ0v) is 14.3. The van der Waals surface area contributed by atoms with Crippen LogP contribution in [-0.2, 0) is 13.0 Å². The first-order valence-corrected chi connectivity index (χ1v) is 8.87. The number of rotatable bonds is 7. The summed E-state index contributed by atoms with van der Waals surface area (Å²) in [5.74, 6) is 0. The molecule has 0 bridgehead atoms. The van der Waals surface area contributed by atoms with Crippen LogP contribution in [0.2, 0.25) is 0 Å². The third-order valence-electron chi connectivity index (χ3n) is 4.80. The Kier molecular flexibility index (Phi) is 5.44. The summed E-state index contributed by atoms with van der Waals surface area (Å²) in [6, 6.07) is 0. The van der Waals surface area contributed by atoms with Gasteiger partial charge in [0.15, 0.2) is 5.13 Å². The first-order chi connectivity index (χ1) is 9.68. The van der Waals surface area contributed by atoms with Gasteiger partial charge in [-0.3, -0.25) is 0 Å². The third kappa shape index (κ3) is 3.17. The standard InChI is InChI=1S/C16H29N3S/c1-5-8-13-14(11-17-4)20-15(18-13)19-10-9-16(6-2,7-3)12-19/h17H,5-12H2,1-4H3. The lowest BCUT2D eigenvalue weighted by atomic mass is 9.82. The molecule has 0 saturated carbocycles. The van der Waals surface area contributed by atoms with Crippen LogP contribution >= 0.6 is 11.3 Å². The van der Waals surface area contributed by atoms with E-state index in [0.717, 1.165) is 13.0 Å². The molecule has 0 aromatic carbocycles. The normalized spacial score (nSPS) is 17.9. The van der Waals surface area contributed by atoms with Crippen LogP contribution in [0.15, 0.2) is 0 Å². The maximum atomic E-state index is 4.94. The van der Waals surface area contributed by atoms with E-state index >= 15 is 0 Å². The van der Waals surface area contributed by atoms with Gasteiger partial charge < -0.3 is 10.2 Å². The molecule has 0 spiro atoms. The van der Waals surface area contributed by atoms with E-state index in [4.69, 9.17) is 4.98 Å². The Hall–Kier alpha value is -0.610. The molecule has 20 heavy (non-hydrogen) atoms. The molecule has 1 aliphatic rings. The number of anilines is 1. The fourth-order valence-corrected chi connectivity index (χ4v) is 4.30. The SMILES string of the molecule is CCCc1nc(N2CCC(CC)(CC)C2)sc1CNC. The fourth-order valence-electron chi connectivity index (χ4n) is 3.16. The van der Waals surface area contributed by atoms with Crippen LogP contribution in [0.25, 0.3) is 0 Å². The van der Waals surface area contributed by atoms with Crippen LogP contribution < -0.4 is 10.2 Å². The Morgan fingerprint density at radius 1 is 1.30 bits per heavy atom. The van der Waals surface area contributed by atoms with E-state index in [1.165, 1.54) is 54.5 Å². The molecule has 4 heteroatoms. The molecule has 0 unspecified atom stereocenters. The van der Waals surface area contributed by atoms with E-state index in [0.29, 0.717) is 5.41 Å². The van der Waals surface area contributed by atoms with Crippen molar-refractivity contribution in [2.75, 3.05) is 25.0 Å². The Morgan fingerprint density at radius 2 is 2.05 bits per heavy atom. The average molecular weight is 295 g/mol. The molecule has 1 aromatic rings. The molecular formula is C16H29N3S. The maximum absolute atomic E-state index is 4.94. The Bertz CT molecular complexity index is 400. The van der Waals surface area contributed by atoms with Gasteiger partial charge in [0.1, 0.15) is 0 Å². The van der Waals surface area contributed by atoms with Crippen molar-refractivity contribution in [2.45, 2.75) is 59.4 Å². The summed E-state index contributed by atoms with van der Waals surface area (Å²) in [5.41, 5.74) is 1.84. The highest BCUT2D eigenvalue weighted by Gasteiger charge is 2.36. The van der Waals surface area contributed by atoms with E-state index in [1.807, 2.05) is 18.4 Å². The van der Waals surface area contributed by atoms with Crippen molar-refractivity contribution in [3.8, 4) is 0 Å². The van der Waals surface area contributed by atoms with Crippen LogP contribution in [0.4, 0.5) is 5.13 Å². The van der Waals surface area contributed by atoms with Crippen molar-refractivity contribution in [3.05, 3.63) is 10.6 Å². The molecule has 1 N–H and O–H groups in total. The fraction of sp³-hybridized carbons (Fsp3) is 0.812. The van der Waals surface area contributed by atoms with Gasteiger partial charge in [0.05, 0.1) is 5.69 Å². The molecule has 1 aromatic heterocycles. The Balaban J connectivity index is 2.15. The molecule has 3 nitrogen and oxygen atoms in total. The molecule has 114 valence electrons. The van der Waals surface area contributed by atoms with E-state index in [2.05, 4.69) is 31.0 Å². The van der Waals surface area contributed by atoms with Gasteiger partial charge in [-0.1, -0.05) is 27.2 Å². The topological polar surface area (TPSA) is 28.2 Å². The smallest absolute Gasteiger partial charge is 0.185 e. The molecule has 1 saturated heterocycles. The number of hydrogen-bond acceptors (Lipinski definition) is 4. The van der Waals surface area contributed by atoms with Crippen molar-refractivity contribution in [1.82, 2.24) is 10.3 Å². The van der Waals surface area contributed by atoms with Crippen LogP contribution in [0, 0.1) is 5.41 Å². The molecule has 0 amide bonds. The van der Waals surface area contributed by atoms with Crippen molar-refractivity contribution in [2.24, 2.45) is 5.41 Å². The number of hydrogen-bond donors (Lipinski definition) is 1. The van der Waals surface area contributed by atoms with E-state index in [-0.39, 0.29) is 0 Å². The van der Waals surface area contributed by atoms with Crippen LogP contribution in [0.3, 0.4) is 0 Å². The maximum Gasteiger partial charge on any atom is 0.185 e. The zero-order valence-electron chi connectivity index (χ0n) is 13.5. The molecule has 0 aliphatic carbocycles. The summed E-state index contributed by atoms with van der Waals surface area (Å²) in [6.45, 7) is 10.2. The van der Waals surface area contributed by atoms with Crippen LogP contribution in [0.5, 0.6) is 0 Å². The minimum absolute atomic E-state index is 0.528. The largest absolute Gasteiger partial charge is 0.348 e. The minimum atomic E-state index is 0.528. The second kappa shape index (κ2) is 6.90. The second-order valence-electron chi connectivity index (χ2n) is 6.03. The van der Waals surface area contributed by atoms with Gasteiger partial charge in [-0.2, -0.15) is 0 Å². The highest BCUT2D eigenvalue weighted by Crippen LogP contribution is 2.40. The van der Waals surface area contributed by atoms with Gasteiger partial charge >= 0.3 is 0 Å². The van der Waals surface area contributed by atoms with Crippen molar-refractivity contribution in [1.29, 1.82) is 0 Å². The van der Waals surface area contributed by atoms with Gasteiger partial charge in [0.25, 0.3) is 0 Å². The van der Waals surface area contributed by atoms with Gasteiger partial charge in [0.2, 0.25) is 0 Å². The van der Waals surface area contributed by atoms with Crippen molar-refractivity contribution < 1.29 is 0 Å². The third-order valence-corrected chi connectivity index (χ3v) is 5.96. The summed E-state index contributed by atoms with van der Waals surface area (Å²) in [5, 5.41) is 4.53. The van der Waals surface area contributed by atoms with Crippen LogP contribution in [-0.4, -0.2) is 25.1 Å². The van der Waals surface area contributed by atoms with E-state index in [9.17, 15) is 0 Å². The lowest BCUT2D eigenvalue weighted by Gasteiger charge is -2.26. The van der Waals surface area contributed by atoms with Gasteiger partial charge in [0, 0.05) is 24.5 Å². The number of aromatic nitrogens is 1. The average Bonchev–Trinajstić information content (AvgIpc) is 3.05. The molecule has 1 aliphatic heterocycles. The molecule has 2 rings (SSSR count). The Morgan fingerprint density at radius 3 is 2.60 bits per heavy atom. The van der Waals surface area contributed by atoms with E-state index < -0.39 is 0 Å². The number of nitrogens with zero attached hydrogens (tertiary/aromatic N) is 2. The highest BCUT2D eigenvalue weighted by molar-refractivity contribution is 7.15. The molecular weight excluding hydrogens is 266 g/mol. The predicted molar refractivity (Wildman–Crippen MR) is 88.7 cm³/mol. The summed E-state index contributed by atoms with van der Waals surface area (Å²) in [6.07, 6.45) is 6.18. The lowest BCUT2D eigenvalue weighted by Crippen LogP contribution is -2.26. The predicted octanol–water partition coefficient (Wildman–Crippen LogP) is 3.83. The van der Waals surface area contributed by atoms with Crippen molar-refractivity contribution >= 4 is 16.5 Å². The molecule has 2 heterocycles. The zero-order chi connectivity index (χ0) is 14.6. The highest BCUT2D eigenvalue weighted by atomic mass is 32.1. The van der Waals surface area contributed by atoms with Crippen LogP contribution in [0.1, 0.15) is 57.0 Å². The molecule has 0 atom stereocenters. The van der Waals surface area contributed by atoms with Crippen molar-refractivity contribution in [3.63, 3.8) is 0 Å². The Labute approximate surface area is 127 Å². The number of thiazole rings is 1.